The zero-order valence-electron chi connectivity index (χ0n) is 13.6. The third-order valence-corrected chi connectivity index (χ3v) is 4.49. The van der Waals surface area contributed by atoms with Gasteiger partial charge in [-0.3, -0.25) is 19.7 Å². The normalized spacial score (nSPS) is 17.1. The number of nitrogens with zero attached hydrogens (tertiary/aromatic N) is 1. The number of ether oxygens (including phenoxy) is 1. The van der Waals surface area contributed by atoms with Gasteiger partial charge in [-0.15, -0.1) is 13.2 Å². The summed E-state index contributed by atoms with van der Waals surface area (Å²) in [6.45, 7) is -0.209. The van der Waals surface area contributed by atoms with Crippen molar-refractivity contribution >= 4 is 44.3 Å². The monoisotopic (exact) mass is 402 g/mol. The molecule has 1 aromatic heterocycles. The lowest BCUT2D eigenvalue weighted by molar-refractivity contribution is -0.274. The predicted octanol–water partition coefficient (Wildman–Crippen LogP) is 1.18. The van der Waals surface area contributed by atoms with Gasteiger partial charge in [0.2, 0.25) is 11.8 Å². The van der Waals surface area contributed by atoms with Gasteiger partial charge >= 0.3 is 6.36 Å². The molecule has 1 aliphatic heterocycles. The van der Waals surface area contributed by atoms with Gasteiger partial charge in [-0.05, 0) is 12.1 Å². The number of carbonyl (C=O) groups excluding carboxylic acids is 3. The molecule has 1 fully saturated rings. The fourth-order valence-corrected chi connectivity index (χ4v) is 3.31. The summed E-state index contributed by atoms with van der Waals surface area (Å²) in [5, 5.41) is 7.75. The Morgan fingerprint density at radius 3 is 2.81 bits per heavy atom. The van der Waals surface area contributed by atoms with Gasteiger partial charge in [-0.2, -0.15) is 0 Å². The van der Waals surface area contributed by atoms with E-state index >= 15 is 0 Å². The number of fused-ring (bicyclic) bond motifs is 1. The van der Waals surface area contributed by atoms with E-state index in [0.29, 0.717) is 10.2 Å². The summed E-state index contributed by atoms with van der Waals surface area (Å²) in [5.74, 6) is -1.49. The summed E-state index contributed by atoms with van der Waals surface area (Å²) in [6.07, 6.45) is -4.72. The average molecular weight is 402 g/mol. The van der Waals surface area contributed by atoms with Gasteiger partial charge in [-0.1, -0.05) is 11.3 Å². The Kier molecular flexibility index (Phi) is 5.28. The lowest BCUT2D eigenvalue weighted by Gasteiger charge is -2.09. The Hall–Kier alpha value is -2.73. The molecule has 2 amide bonds. The summed E-state index contributed by atoms with van der Waals surface area (Å²) in [6, 6.07) is 2.98. The molecule has 1 saturated heterocycles. The van der Waals surface area contributed by atoms with E-state index in [1.165, 1.54) is 12.1 Å². The molecule has 2 aromatic rings. The number of anilines is 1. The van der Waals surface area contributed by atoms with Gasteiger partial charge in [0.05, 0.1) is 29.3 Å². The third kappa shape index (κ3) is 5.14. The number of Topliss-reactive ketones (excluding diaryl/α,β-unsaturated/α-hetero) is 1. The molecule has 8 nitrogen and oxygen atoms in total. The summed E-state index contributed by atoms with van der Waals surface area (Å²) in [4.78, 5) is 38.9. The Labute approximate surface area is 154 Å². The lowest BCUT2D eigenvalue weighted by atomic mass is 10.2. The number of carbonyl (C=O) groups is 3. The maximum atomic E-state index is 12.3. The van der Waals surface area contributed by atoms with Crippen LogP contribution in [0.15, 0.2) is 18.2 Å². The standard InChI is InChI=1S/C15H13F3N4O4S/c16-15(17,18)26-8-1-2-9-11(4-8)27-14(21-9)22-12(24)6-20-13(25)10-3-7(23)5-19-10/h1-2,4,10,19H,3,5-6H2,(H,20,25)(H,21,22,24)/t10-/m0/s1. The molecule has 0 unspecified atom stereocenters. The average Bonchev–Trinajstić information content (AvgIpc) is 3.16. The number of aromatic nitrogens is 1. The number of amides is 2. The van der Waals surface area contributed by atoms with Crippen molar-refractivity contribution in [1.29, 1.82) is 0 Å². The zero-order chi connectivity index (χ0) is 19.6. The van der Waals surface area contributed by atoms with E-state index in [1.54, 1.807) is 0 Å². The van der Waals surface area contributed by atoms with Crippen molar-refractivity contribution < 1.29 is 32.3 Å². The quantitative estimate of drug-likeness (QED) is 0.693. The van der Waals surface area contributed by atoms with Crippen molar-refractivity contribution in [3.63, 3.8) is 0 Å². The van der Waals surface area contributed by atoms with Crippen LogP contribution in [0.4, 0.5) is 18.3 Å². The van der Waals surface area contributed by atoms with E-state index < -0.39 is 24.2 Å². The van der Waals surface area contributed by atoms with Crippen LogP contribution < -0.4 is 20.7 Å². The van der Waals surface area contributed by atoms with Crippen molar-refractivity contribution in [2.24, 2.45) is 0 Å². The zero-order valence-corrected chi connectivity index (χ0v) is 14.4. The molecule has 0 saturated carbocycles. The van der Waals surface area contributed by atoms with Crippen LogP contribution >= 0.6 is 11.3 Å². The van der Waals surface area contributed by atoms with Crippen LogP contribution in [0.5, 0.6) is 5.75 Å². The molecule has 3 rings (SSSR count). The van der Waals surface area contributed by atoms with E-state index in [-0.39, 0.29) is 36.2 Å². The lowest BCUT2D eigenvalue weighted by Crippen LogP contribution is -2.43. The minimum Gasteiger partial charge on any atom is -0.406 e. The molecule has 144 valence electrons. The molecule has 3 N–H and O–H groups in total. The molecule has 1 aromatic carbocycles. The summed E-state index contributed by atoms with van der Waals surface area (Å²) < 4.78 is 41.0. The van der Waals surface area contributed by atoms with Crippen LogP contribution in [0.1, 0.15) is 6.42 Å². The Balaban J connectivity index is 1.56. The first-order valence-electron chi connectivity index (χ1n) is 7.68. The maximum Gasteiger partial charge on any atom is 0.573 e. The van der Waals surface area contributed by atoms with Gasteiger partial charge < -0.3 is 15.4 Å². The highest BCUT2D eigenvalue weighted by atomic mass is 32.1. The number of hydrogen-bond acceptors (Lipinski definition) is 7. The minimum absolute atomic E-state index is 0.0770. The van der Waals surface area contributed by atoms with Gasteiger partial charge in [0.25, 0.3) is 0 Å². The first-order valence-corrected chi connectivity index (χ1v) is 8.50. The third-order valence-electron chi connectivity index (χ3n) is 3.56. The van der Waals surface area contributed by atoms with Crippen LogP contribution in [-0.2, 0) is 14.4 Å². The molecular formula is C15H13F3N4O4S. The molecule has 1 aliphatic rings. The number of benzene rings is 1. The number of thiazole rings is 1. The second kappa shape index (κ2) is 7.48. The fraction of sp³-hybridized carbons (Fsp3) is 0.333. The number of rotatable bonds is 5. The summed E-state index contributed by atoms with van der Waals surface area (Å²) >= 11 is 0.966. The first-order chi connectivity index (χ1) is 12.7. The molecule has 27 heavy (non-hydrogen) atoms. The topological polar surface area (TPSA) is 109 Å². The highest BCUT2D eigenvalue weighted by Gasteiger charge is 2.31. The number of nitrogens with one attached hydrogen (secondary N) is 3. The summed E-state index contributed by atoms with van der Waals surface area (Å²) in [5.41, 5.74) is 0.391. The molecule has 0 aliphatic carbocycles. The fourth-order valence-electron chi connectivity index (χ4n) is 2.40. The van der Waals surface area contributed by atoms with Crippen molar-refractivity contribution in [1.82, 2.24) is 15.6 Å². The Morgan fingerprint density at radius 2 is 2.15 bits per heavy atom. The second-order valence-corrected chi connectivity index (χ2v) is 6.67. The minimum atomic E-state index is -4.80. The largest absolute Gasteiger partial charge is 0.573 e. The highest BCUT2D eigenvalue weighted by Crippen LogP contribution is 2.31. The molecule has 2 heterocycles. The highest BCUT2D eigenvalue weighted by molar-refractivity contribution is 7.22. The molecule has 12 heteroatoms. The van der Waals surface area contributed by atoms with Crippen LogP contribution in [-0.4, -0.2) is 48.1 Å². The van der Waals surface area contributed by atoms with Crippen LogP contribution in [0.3, 0.4) is 0 Å². The predicted molar refractivity (Wildman–Crippen MR) is 89.4 cm³/mol. The number of hydrogen-bond donors (Lipinski definition) is 3. The second-order valence-electron chi connectivity index (χ2n) is 5.64. The molecule has 0 radical (unpaired) electrons. The Morgan fingerprint density at radius 1 is 1.37 bits per heavy atom. The van der Waals surface area contributed by atoms with Gasteiger partial charge in [0.1, 0.15) is 11.5 Å². The van der Waals surface area contributed by atoms with Crippen molar-refractivity contribution in [3.05, 3.63) is 18.2 Å². The van der Waals surface area contributed by atoms with E-state index in [0.717, 1.165) is 17.4 Å². The molecule has 0 bridgehead atoms. The SMILES string of the molecule is O=C1CN[C@H](C(=O)NCC(=O)Nc2nc3ccc(OC(F)(F)F)cc3s2)C1. The summed E-state index contributed by atoms with van der Waals surface area (Å²) in [7, 11) is 0. The van der Waals surface area contributed by atoms with Gasteiger partial charge in [0.15, 0.2) is 5.13 Å². The van der Waals surface area contributed by atoms with Gasteiger partial charge in [0, 0.05) is 12.5 Å². The Bertz CT molecular complexity index is 899. The van der Waals surface area contributed by atoms with E-state index in [4.69, 9.17) is 0 Å². The molecule has 1 atom stereocenters. The van der Waals surface area contributed by atoms with Crippen LogP contribution in [0, 0.1) is 0 Å². The number of alkyl halides is 3. The van der Waals surface area contributed by atoms with Crippen LogP contribution in [0.25, 0.3) is 10.2 Å². The smallest absolute Gasteiger partial charge is 0.406 e. The molecule has 0 spiro atoms. The van der Waals surface area contributed by atoms with E-state index in [2.05, 4.69) is 25.7 Å². The van der Waals surface area contributed by atoms with Crippen molar-refractivity contribution in [2.75, 3.05) is 18.4 Å². The van der Waals surface area contributed by atoms with E-state index in [1.807, 2.05) is 0 Å². The van der Waals surface area contributed by atoms with E-state index in [9.17, 15) is 27.6 Å². The number of halogens is 3. The van der Waals surface area contributed by atoms with Crippen LogP contribution in [0.2, 0.25) is 0 Å². The molecular weight excluding hydrogens is 389 g/mol. The van der Waals surface area contributed by atoms with Crippen molar-refractivity contribution in [2.45, 2.75) is 18.8 Å². The van der Waals surface area contributed by atoms with Crippen molar-refractivity contribution in [3.8, 4) is 5.75 Å². The number of ketones is 1. The first kappa shape index (κ1) is 19.0. The maximum absolute atomic E-state index is 12.3. The van der Waals surface area contributed by atoms with Gasteiger partial charge in [-0.25, -0.2) is 4.98 Å².